The molecular formula is C11H14N2O2S. The van der Waals surface area contributed by atoms with Gasteiger partial charge in [-0.25, -0.2) is 0 Å². The van der Waals surface area contributed by atoms with E-state index < -0.39 is 10.8 Å². The van der Waals surface area contributed by atoms with Crippen molar-refractivity contribution in [3.05, 3.63) is 29.8 Å². The number of carbonyl (C=O) groups excluding carboxylic acids is 1. The molecule has 0 saturated carbocycles. The van der Waals surface area contributed by atoms with Gasteiger partial charge >= 0.3 is 0 Å². The van der Waals surface area contributed by atoms with E-state index >= 15 is 0 Å². The Morgan fingerprint density at radius 2 is 1.75 bits per heavy atom. The average Bonchev–Trinajstić information content (AvgIpc) is 2.30. The zero-order valence-electron chi connectivity index (χ0n) is 8.89. The Hall–Kier alpha value is -1.36. The van der Waals surface area contributed by atoms with Crippen molar-refractivity contribution in [3.63, 3.8) is 0 Å². The molecule has 0 bridgehead atoms. The third kappa shape index (κ3) is 2.41. The Labute approximate surface area is 96.9 Å². The van der Waals surface area contributed by atoms with Crippen LogP contribution in [0.25, 0.3) is 0 Å². The monoisotopic (exact) mass is 238 g/mol. The van der Waals surface area contributed by atoms with Gasteiger partial charge in [-0.15, -0.1) is 0 Å². The molecule has 1 aromatic rings. The summed E-state index contributed by atoms with van der Waals surface area (Å²) in [4.78, 5) is 13.7. The van der Waals surface area contributed by atoms with E-state index in [9.17, 15) is 9.00 Å². The van der Waals surface area contributed by atoms with E-state index in [4.69, 9.17) is 5.73 Å². The molecule has 0 spiro atoms. The first kappa shape index (κ1) is 11.1. The topological polar surface area (TPSA) is 63.4 Å². The number of carbonyl (C=O) groups is 1. The van der Waals surface area contributed by atoms with E-state index in [2.05, 4.69) is 0 Å². The highest BCUT2D eigenvalue weighted by atomic mass is 32.2. The van der Waals surface area contributed by atoms with Gasteiger partial charge in [-0.1, -0.05) is 0 Å². The highest BCUT2D eigenvalue weighted by Crippen LogP contribution is 2.10. The van der Waals surface area contributed by atoms with Crippen LogP contribution in [0.3, 0.4) is 0 Å². The van der Waals surface area contributed by atoms with Crippen molar-refractivity contribution in [3.8, 4) is 0 Å². The van der Waals surface area contributed by atoms with Crippen LogP contribution in [0.15, 0.2) is 24.3 Å². The molecule has 2 N–H and O–H groups in total. The fraction of sp³-hybridized carbons (Fsp3) is 0.364. The Kier molecular flexibility index (Phi) is 3.24. The molecule has 1 aliphatic heterocycles. The third-order valence-corrected chi connectivity index (χ3v) is 3.90. The van der Waals surface area contributed by atoms with E-state index in [0.29, 0.717) is 35.8 Å². The number of hydrogen-bond acceptors (Lipinski definition) is 3. The maximum absolute atomic E-state index is 12.0. The summed E-state index contributed by atoms with van der Waals surface area (Å²) in [6, 6.07) is 6.89. The molecule has 0 aliphatic carbocycles. The van der Waals surface area contributed by atoms with Crippen LogP contribution in [0.1, 0.15) is 10.4 Å². The minimum atomic E-state index is -0.751. The molecule has 1 saturated heterocycles. The van der Waals surface area contributed by atoms with E-state index in [1.54, 1.807) is 29.2 Å². The summed E-state index contributed by atoms with van der Waals surface area (Å²) in [5, 5.41) is 0. The smallest absolute Gasteiger partial charge is 0.253 e. The first-order valence-electron chi connectivity index (χ1n) is 5.16. The molecule has 1 heterocycles. The van der Waals surface area contributed by atoms with Crippen LogP contribution in [0.4, 0.5) is 5.69 Å². The van der Waals surface area contributed by atoms with E-state index in [1.807, 2.05) is 0 Å². The summed E-state index contributed by atoms with van der Waals surface area (Å²) in [5.41, 5.74) is 6.85. The van der Waals surface area contributed by atoms with Crippen molar-refractivity contribution >= 4 is 22.4 Å². The van der Waals surface area contributed by atoms with Crippen LogP contribution in [0.5, 0.6) is 0 Å². The fourth-order valence-corrected chi connectivity index (χ4v) is 2.70. The van der Waals surface area contributed by atoms with Crippen LogP contribution in [0.2, 0.25) is 0 Å². The number of nitrogens with two attached hydrogens (primary N) is 1. The van der Waals surface area contributed by atoms with Crippen LogP contribution in [0, 0.1) is 0 Å². The van der Waals surface area contributed by atoms with Gasteiger partial charge in [0.05, 0.1) is 0 Å². The van der Waals surface area contributed by atoms with Crippen molar-refractivity contribution in [2.45, 2.75) is 0 Å². The lowest BCUT2D eigenvalue weighted by Crippen LogP contribution is -2.41. The third-order valence-electron chi connectivity index (χ3n) is 2.62. The molecule has 86 valence electrons. The Morgan fingerprint density at radius 1 is 1.19 bits per heavy atom. The predicted molar refractivity (Wildman–Crippen MR) is 64.6 cm³/mol. The van der Waals surface area contributed by atoms with Gasteiger partial charge in [0.25, 0.3) is 5.91 Å². The second-order valence-electron chi connectivity index (χ2n) is 3.76. The molecule has 4 nitrogen and oxygen atoms in total. The molecule has 5 heteroatoms. The molecule has 0 unspecified atom stereocenters. The molecule has 1 aromatic carbocycles. The normalized spacial score (nSPS) is 17.4. The number of hydrogen-bond donors (Lipinski definition) is 1. The van der Waals surface area contributed by atoms with Crippen molar-refractivity contribution in [1.29, 1.82) is 0 Å². The minimum Gasteiger partial charge on any atom is -0.399 e. The van der Waals surface area contributed by atoms with Crippen molar-refractivity contribution in [1.82, 2.24) is 4.90 Å². The number of anilines is 1. The zero-order valence-corrected chi connectivity index (χ0v) is 9.70. The van der Waals surface area contributed by atoms with Gasteiger partial charge in [0.15, 0.2) is 0 Å². The summed E-state index contributed by atoms with van der Waals surface area (Å²) in [5.74, 6) is 1.17. The first-order valence-corrected chi connectivity index (χ1v) is 6.65. The Morgan fingerprint density at radius 3 is 2.31 bits per heavy atom. The summed E-state index contributed by atoms with van der Waals surface area (Å²) < 4.78 is 11.2. The number of amides is 1. The van der Waals surface area contributed by atoms with Crippen molar-refractivity contribution < 1.29 is 9.00 Å². The Bertz CT molecular complexity index is 406. The van der Waals surface area contributed by atoms with Gasteiger partial charge in [-0.2, -0.15) is 0 Å². The predicted octanol–water partition coefficient (Wildman–Crippen LogP) is 0.473. The van der Waals surface area contributed by atoms with Crippen molar-refractivity contribution in [2.75, 3.05) is 30.3 Å². The van der Waals surface area contributed by atoms with Crippen LogP contribution in [-0.2, 0) is 10.8 Å². The lowest BCUT2D eigenvalue weighted by Gasteiger charge is -2.26. The standard InChI is InChI=1S/C11H14N2O2S/c12-10-3-1-9(2-4-10)11(14)13-5-7-16(15)8-6-13/h1-4H,5-8,12H2. The summed E-state index contributed by atoms with van der Waals surface area (Å²) in [7, 11) is -0.751. The van der Waals surface area contributed by atoms with Crippen molar-refractivity contribution in [2.24, 2.45) is 0 Å². The van der Waals surface area contributed by atoms with Gasteiger partial charge in [-0.3, -0.25) is 9.00 Å². The second kappa shape index (κ2) is 4.65. The average molecular weight is 238 g/mol. The number of nitrogen functional groups attached to an aromatic ring is 1. The summed E-state index contributed by atoms with van der Waals surface area (Å²) in [6.07, 6.45) is 0. The summed E-state index contributed by atoms with van der Waals surface area (Å²) >= 11 is 0. The quantitative estimate of drug-likeness (QED) is 0.723. The largest absolute Gasteiger partial charge is 0.399 e. The van der Waals surface area contributed by atoms with Gasteiger partial charge in [0.1, 0.15) is 0 Å². The van der Waals surface area contributed by atoms with Crippen LogP contribution >= 0.6 is 0 Å². The molecule has 0 aromatic heterocycles. The lowest BCUT2D eigenvalue weighted by atomic mass is 10.2. The number of benzene rings is 1. The summed E-state index contributed by atoms with van der Waals surface area (Å²) in [6.45, 7) is 1.16. The molecule has 2 rings (SSSR count). The maximum atomic E-state index is 12.0. The zero-order chi connectivity index (χ0) is 11.5. The van der Waals surface area contributed by atoms with Gasteiger partial charge in [-0.05, 0) is 24.3 Å². The van der Waals surface area contributed by atoms with E-state index in [0.717, 1.165) is 0 Å². The van der Waals surface area contributed by atoms with Gasteiger partial charge in [0.2, 0.25) is 0 Å². The molecular weight excluding hydrogens is 224 g/mol. The Balaban J connectivity index is 2.07. The molecule has 16 heavy (non-hydrogen) atoms. The van der Waals surface area contributed by atoms with E-state index in [1.165, 1.54) is 0 Å². The number of rotatable bonds is 1. The van der Waals surface area contributed by atoms with E-state index in [-0.39, 0.29) is 5.91 Å². The lowest BCUT2D eigenvalue weighted by molar-refractivity contribution is 0.0771. The molecule has 1 amide bonds. The van der Waals surface area contributed by atoms with Crippen LogP contribution < -0.4 is 5.73 Å². The molecule has 0 atom stereocenters. The molecule has 1 aliphatic rings. The minimum absolute atomic E-state index is 0.00306. The molecule has 0 radical (unpaired) electrons. The SMILES string of the molecule is Nc1ccc(C(=O)N2CCS(=O)CC2)cc1. The van der Waals surface area contributed by atoms with Crippen LogP contribution in [-0.4, -0.2) is 39.6 Å². The first-order chi connectivity index (χ1) is 7.66. The molecule has 1 fully saturated rings. The highest BCUT2D eigenvalue weighted by molar-refractivity contribution is 7.85. The fourth-order valence-electron chi connectivity index (χ4n) is 1.65. The second-order valence-corrected chi connectivity index (χ2v) is 5.46. The highest BCUT2D eigenvalue weighted by Gasteiger charge is 2.20. The maximum Gasteiger partial charge on any atom is 0.253 e. The van der Waals surface area contributed by atoms with Gasteiger partial charge in [0, 0.05) is 46.6 Å². The van der Waals surface area contributed by atoms with Gasteiger partial charge < -0.3 is 10.6 Å². The number of nitrogens with zero attached hydrogens (tertiary/aromatic N) is 1.